The Morgan fingerprint density at radius 2 is 1.93 bits per heavy atom. The molecule has 1 radical (unpaired) electrons. The van der Waals surface area contributed by atoms with Crippen LogP contribution >= 0.6 is 0 Å². The van der Waals surface area contributed by atoms with Crippen LogP contribution in [0, 0.1) is 6.42 Å². The van der Waals surface area contributed by atoms with Crippen LogP contribution in [0.15, 0.2) is 30.3 Å². The summed E-state index contributed by atoms with van der Waals surface area (Å²) in [5, 5.41) is 9.58. The Balaban J connectivity index is 2.19. The molecule has 0 saturated heterocycles. The molecule has 1 N–H and O–H groups in total. The molecule has 15 heavy (non-hydrogen) atoms. The third-order valence-corrected chi connectivity index (χ3v) is 2.07. The van der Waals surface area contributed by atoms with Crippen LogP contribution in [0.1, 0.15) is 19.4 Å². The molecule has 83 valence electrons. The summed E-state index contributed by atoms with van der Waals surface area (Å²) in [4.78, 5) is 0. The summed E-state index contributed by atoms with van der Waals surface area (Å²) >= 11 is 0. The Kier molecular flexibility index (Phi) is 5.37. The molecule has 0 spiro atoms. The lowest BCUT2D eigenvalue weighted by molar-refractivity contribution is 0.0177. The lowest BCUT2D eigenvalue weighted by Gasteiger charge is -2.12. The first-order valence-corrected chi connectivity index (χ1v) is 5.35. The SMILES string of the molecule is CC(C)OCC(O)[CH]Cc1ccccc1. The van der Waals surface area contributed by atoms with Gasteiger partial charge in [0.2, 0.25) is 0 Å². The molecule has 0 heterocycles. The number of benzene rings is 1. The van der Waals surface area contributed by atoms with Crippen LogP contribution in [0.4, 0.5) is 0 Å². The maximum Gasteiger partial charge on any atom is 0.0808 e. The van der Waals surface area contributed by atoms with E-state index in [9.17, 15) is 5.11 Å². The zero-order valence-electron chi connectivity index (χ0n) is 9.39. The minimum Gasteiger partial charge on any atom is -0.390 e. The van der Waals surface area contributed by atoms with Crippen LogP contribution in [0.25, 0.3) is 0 Å². The van der Waals surface area contributed by atoms with Gasteiger partial charge in [0.1, 0.15) is 0 Å². The van der Waals surface area contributed by atoms with E-state index in [0.717, 1.165) is 6.42 Å². The van der Waals surface area contributed by atoms with Crippen LogP contribution < -0.4 is 0 Å². The number of ether oxygens (including phenoxy) is 1. The van der Waals surface area contributed by atoms with E-state index in [1.54, 1.807) is 0 Å². The van der Waals surface area contributed by atoms with Gasteiger partial charge in [-0.3, -0.25) is 0 Å². The van der Waals surface area contributed by atoms with Gasteiger partial charge in [-0.2, -0.15) is 0 Å². The van der Waals surface area contributed by atoms with Gasteiger partial charge in [0.25, 0.3) is 0 Å². The van der Waals surface area contributed by atoms with Crippen LogP contribution in [0.5, 0.6) is 0 Å². The number of hydrogen-bond donors (Lipinski definition) is 1. The second-order valence-corrected chi connectivity index (χ2v) is 3.87. The molecular weight excluding hydrogens is 188 g/mol. The van der Waals surface area contributed by atoms with Crippen molar-refractivity contribution in [3.05, 3.63) is 42.3 Å². The fourth-order valence-electron chi connectivity index (χ4n) is 1.25. The van der Waals surface area contributed by atoms with Crippen molar-refractivity contribution in [3.8, 4) is 0 Å². The number of aliphatic hydroxyl groups excluding tert-OH is 1. The van der Waals surface area contributed by atoms with Crippen molar-refractivity contribution in [3.63, 3.8) is 0 Å². The van der Waals surface area contributed by atoms with Crippen LogP contribution in [-0.2, 0) is 11.2 Å². The second kappa shape index (κ2) is 6.59. The van der Waals surface area contributed by atoms with Gasteiger partial charge in [0.05, 0.1) is 18.8 Å². The predicted molar refractivity (Wildman–Crippen MR) is 61.5 cm³/mol. The normalized spacial score (nSPS) is 13.1. The highest BCUT2D eigenvalue weighted by molar-refractivity contribution is 5.16. The molecule has 2 heteroatoms. The van der Waals surface area contributed by atoms with Crippen molar-refractivity contribution >= 4 is 0 Å². The standard InChI is InChI=1S/C13H19O2/c1-11(2)15-10-13(14)9-8-12-6-4-3-5-7-12/h3-7,9,11,13-14H,8,10H2,1-2H3. The zero-order chi connectivity index (χ0) is 11.1. The van der Waals surface area contributed by atoms with Crippen LogP contribution in [-0.4, -0.2) is 23.9 Å². The van der Waals surface area contributed by atoms with Crippen molar-refractivity contribution < 1.29 is 9.84 Å². The minimum atomic E-state index is -0.479. The van der Waals surface area contributed by atoms with Crippen molar-refractivity contribution in [2.75, 3.05) is 6.61 Å². The van der Waals surface area contributed by atoms with E-state index in [1.165, 1.54) is 5.56 Å². The summed E-state index contributed by atoms with van der Waals surface area (Å²) in [6.07, 6.45) is 2.35. The smallest absolute Gasteiger partial charge is 0.0808 e. The lowest BCUT2D eigenvalue weighted by atomic mass is 10.1. The van der Waals surface area contributed by atoms with E-state index in [-0.39, 0.29) is 6.10 Å². The molecule has 0 aliphatic carbocycles. The Hall–Kier alpha value is -0.860. The Morgan fingerprint density at radius 1 is 1.27 bits per heavy atom. The molecule has 1 aromatic rings. The minimum absolute atomic E-state index is 0.171. The van der Waals surface area contributed by atoms with E-state index < -0.39 is 6.10 Å². The molecule has 1 atom stereocenters. The van der Waals surface area contributed by atoms with E-state index in [0.29, 0.717) is 6.61 Å². The van der Waals surface area contributed by atoms with Gasteiger partial charge in [0.15, 0.2) is 0 Å². The third kappa shape index (κ3) is 5.55. The van der Waals surface area contributed by atoms with E-state index in [1.807, 2.05) is 50.6 Å². The van der Waals surface area contributed by atoms with Gasteiger partial charge >= 0.3 is 0 Å². The highest BCUT2D eigenvalue weighted by atomic mass is 16.5. The Morgan fingerprint density at radius 3 is 2.53 bits per heavy atom. The molecule has 0 fully saturated rings. The summed E-state index contributed by atoms with van der Waals surface area (Å²) in [7, 11) is 0. The largest absolute Gasteiger partial charge is 0.390 e. The summed E-state index contributed by atoms with van der Waals surface area (Å²) in [5.74, 6) is 0. The van der Waals surface area contributed by atoms with Gasteiger partial charge < -0.3 is 9.84 Å². The monoisotopic (exact) mass is 207 g/mol. The highest BCUT2D eigenvalue weighted by Crippen LogP contribution is 2.04. The van der Waals surface area contributed by atoms with Gasteiger partial charge in [-0.05, 0) is 32.3 Å². The van der Waals surface area contributed by atoms with Crippen molar-refractivity contribution in [1.82, 2.24) is 0 Å². The first-order chi connectivity index (χ1) is 7.18. The first-order valence-electron chi connectivity index (χ1n) is 5.35. The number of aliphatic hydroxyl groups is 1. The van der Waals surface area contributed by atoms with Gasteiger partial charge in [0, 0.05) is 0 Å². The third-order valence-electron chi connectivity index (χ3n) is 2.07. The maximum absolute atomic E-state index is 9.58. The molecule has 0 aliphatic heterocycles. The van der Waals surface area contributed by atoms with Crippen LogP contribution in [0.2, 0.25) is 0 Å². The molecule has 0 bridgehead atoms. The Labute approximate surface area is 91.9 Å². The highest BCUT2D eigenvalue weighted by Gasteiger charge is 2.06. The average Bonchev–Trinajstić information content (AvgIpc) is 2.25. The molecule has 0 aliphatic rings. The summed E-state index contributed by atoms with van der Waals surface area (Å²) in [5.41, 5.74) is 1.21. The second-order valence-electron chi connectivity index (χ2n) is 3.87. The van der Waals surface area contributed by atoms with Crippen molar-refractivity contribution in [2.24, 2.45) is 0 Å². The number of rotatable bonds is 6. The zero-order valence-corrected chi connectivity index (χ0v) is 9.39. The summed E-state index contributed by atoms with van der Waals surface area (Å²) in [6, 6.07) is 10.1. The first kappa shape index (κ1) is 12.2. The molecule has 0 saturated carbocycles. The van der Waals surface area contributed by atoms with E-state index >= 15 is 0 Å². The quantitative estimate of drug-likeness (QED) is 0.775. The molecule has 0 amide bonds. The van der Waals surface area contributed by atoms with Gasteiger partial charge in [-0.15, -0.1) is 0 Å². The summed E-state index contributed by atoms with van der Waals surface area (Å²) < 4.78 is 5.31. The van der Waals surface area contributed by atoms with Crippen molar-refractivity contribution in [2.45, 2.75) is 32.5 Å². The molecular formula is C13H19O2. The molecule has 1 aromatic carbocycles. The van der Waals surface area contributed by atoms with Crippen LogP contribution in [0.3, 0.4) is 0 Å². The fraction of sp³-hybridized carbons (Fsp3) is 0.462. The average molecular weight is 207 g/mol. The Bertz CT molecular complexity index is 256. The van der Waals surface area contributed by atoms with Crippen molar-refractivity contribution in [1.29, 1.82) is 0 Å². The molecule has 1 rings (SSSR count). The number of hydrogen-bond acceptors (Lipinski definition) is 2. The lowest BCUT2D eigenvalue weighted by Crippen LogP contribution is -2.19. The predicted octanol–water partition coefficient (Wildman–Crippen LogP) is 2.22. The van der Waals surface area contributed by atoms with Gasteiger partial charge in [-0.25, -0.2) is 0 Å². The maximum atomic E-state index is 9.58. The molecule has 0 aromatic heterocycles. The topological polar surface area (TPSA) is 29.5 Å². The molecule has 1 unspecified atom stereocenters. The fourth-order valence-corrected chi connectivity index (χ4v) is 1.25. The van der Waals surface area contributed by atoms with E-state index in [4.69, 9.17) is 4.74 Å². The molecule has 2 nitrogen and oxygen atoms in total. The summed E-state index contributed by atoms with van der Waals surface area (Å²) in [6.45, 7) is 4.30. The van der Waals surface area contributed by atoms with E-state index in [2.05, 4.69) is 0 Å². The van der Waals surface area contributed by atoms with Gasteiger partial charge in [-0.1, -0.05) is 30.3 Å².